The molecule has 0 atom stereocenters. The van der Waals surface area contributed by atoms with Crippen molar-refractivity contribution < 1.29 is 13.9 Å². The molecule has 0 heterocycles. The predicted molar refractivity (Wildman–Crippen MR) is 59.2 cm³/mol. The Hall–Kier alpha value is -1.38. The lowest BCUT2D eigenvalue weighted by Gasteiger charge is -2.09. The van der Waals surface area contributed by atoms with Crippen LogP contribution in [0.25, 0.3) is 0 Å². The van der Waals surface area contributed by atoms with E-state index in [1.54, 1.807) is 12.1 Å². The third kappa shape index (κ3) is 2.60. The minimum absolute atomic E-state index is 0.0679. The number of rotatable bonds is 5. The number of benzene rings is 1. The summed E-state index contributed by atoms with van der Waals surface area (Å²) in [6, 6.07) is 4.49. The molecule has 1 aromatic rings. The second-order valence-electron chi connectivity index (χ2n) is 4.25. The highest BCUT2D eigenvalue weighted by Gasteiger charge is 2.21. The molecule has 0 aromatic heterocycles. The minimum atomic E-state index is -0.503. The molecule has 1 aliphatic carbocycles. The second kappa shape index (κ2) is 4.64. The smallest absolute Gasteiger partial charge is 0.166 e. The van der Waals surface area contributed by atoms with Crippen molar-refractivity contribution in [3.8, 4) is 5.75 Å². The van der Waals surface area contributed by atoms with E-state index in [1.165, 1.54) is 25.8 Å². The van der Waals surface area contributed by atoms with Gasteiger partial charge in [-0.25, -0.2) is 4.39 Å². The Labute approximate surface area is 94.4 Å². The molecule has 16 heavy (non-hydrogen) atoms. The van der Waals surface area contributed by atoms with Crippen molar-refractivity contribution >= 4 is 5.78 Å². The zero-order chi connectivity index (χ0) is 11.5. The number of Topliss-reactive ketones (excluding diaryl/α,β-unsaturated/α-hetero) is 1. The Kier molecular flexibility index (Phi) is 3.22. The monoisotopic (exact) mass is 222 g/mol. The van der Waals surface area contributed by atoms with Gasteiger partial charge in [-0.1, -0.05) is 18.9 Å². The Morgan fingerprint density at radius 2 is 2.25 bits per heavy atom. The first-order valence-corrected chi connectivity index (χ1v) is 5.60. The molecule has 2 rings (SSSR count). The van der Waals surface area contributed by atoms with Gasteiger partial charge in [0.15, 0.2) is 5.78 Å². The second-order valence-corrected chi connectivity index (χ2v) is 4.25. The number of hydrogen-bond acceptors (Lipinski definition) is 2. The van der Waals surface area contributed by atoms with Crippen molar-refractivity contribution in [1.82, 2.24) is 0 Å². The lowest BCUT2D eigenvalue weighted by atomic mass is 10.1. The molecular formula is C13H15FO2. The summed E-state index contributed by atoms with van der Waals surface area (Å²) in [6.45, 7) is 1.92. The van der Waals surface area contributed by atoms with Gasteiger partial charge in [-0.15, -0.1) is 0 Å². The molecule has 86 valence electrons. The SMILES string of the molecule is CC(=O)c1c(F)cccc1OCCC1CC1. The fourth-order valence-corrected chi connectivity index (χ4v) is 1.71. The van der Waals surface area contributed by atoms with Crippen LogP contribution in [0.2, 0.25) is 0 Å². The normalized spacial score (nSPS) is 14.9. The van der Waals surface area contributed by atoms with E-state index < -0.39 is 5.82 Å². The lowest BCUT2D eigenvalue weighted by molar-refractivity contribution is 0.100. The molecule has 0 amide bonds. The number of carbonyl (C=O) groups excluding carboxylic acids is 1. The van der Waals surface area contributed by atoms with Crippen LogP contribution in [0.15, 0.2) is 18.2 Å². The molecular weight excluding hydrogens is 207 g/mol. The number of halogens is 1. The number of ketones is 1. The number of carbonyl (C=O) groups is 1. The van der Waals surface area contributed by atoms with Gasteiger partial charge in [-0.2, -0.15) is 0 Å². The molecule has 0 bridgehead atoms. The quantitative estimate of drug-likeness (QED) is 0.715. The van der Waals surface area contributed by atoms with Crippen molar-refractivity contribution in [2.45, 2.75) is 26.2 Å². The molecule has 3 heteroatoms. The molecule has 0 saturated heterocycles. The topological polar surface area (TPSA) is 26.3 Å². The van der Waals surface area contributed by atoms with Crippen LogP contribution < -0.4 is 4.74 Å². The first-order chi connectivity index (χ1) is 7.68. The maximum Gasteiger partial charge on any atom is 0.166 e. The van der Waals surface area contributed by atoms with E-state index in [-0.39, 0.29) is 11.3 Å². The van der Waals surface area contributed by atoms with Gasteiger partial charge in [-0.05, 0) is 31.4 Å². The van der Waals surface area contributed by atoms with Gasteiger partial charge in [0.05, 0.1) is 12.2 Å². The highest BCUT2D eigenvalue weighted by Crippen LogP contribution is 2.32. The van der Waals surface area contributed by atoms with Crippen molar-refractivity contribution in [3.63, 3.8) is 0 Å². The average molecular weight is 222 g/mol. The summed E-state index contributed by atoms with van der Waals surface area (Å²) in [5, 5.41) is 0. The van der Waals surface area contributed by atoms with E-state index in [0.717, 1.165) is 12.3 Å². The van der Waals surface area contributed by atoms with E-state index in [2.05, 4.69) is 0 Å². The molecule has 0 radical (unpaired) electrons. The summed E-state index contributed by atoms with van der Waals surface area (Å²) >= 11 is 0. The fraction of sp³-hybridized carbons (Fsp3) is 0.462. The van der Waals surface area contributed by atoms with Crippen LogP contribution in [-0.2, 0) is 0 Å². The van der Waals surface area contributed by atoms with Crippen molar-refractivity contribution in [3.05, 3.63) is 29.6 Å². The highest BCUT2D eigenvalue weighted by atomic mass is 19.1. The van der Waals surface area contributed by atoms with E-state index in [9.17, 15) is 9.18 Å². The molecule has 0 spiro atoms. The van der Waals surface area contributed by atoms with E-state index >= 15 is 0 Å². The maximum atomic E-state index is 13.4. The van der Waals surface area contributed by atoms with Crippen LogP contribution in [0, 0.1) is 11.7 Å². The summed E-state index contributed by atoms with van der Waals surface area (Å²) in [4.78, 5) is 11.3. The van der Waals surface area contributed by atoms with E-state index in [0.29, 0.717) is 12.4 Å². The van der Waals surface area contributed by atoms with Crippen LogP contribution >= 0.6 is 0 Å². The maximum absolute atomic E-state index is 13.4. The van der Waals surface area contributed by atoms with E-state index in [4.69, 9.17) is 4.74 Å². The fourth-order valence-electron chi connectivity index (χ4n) is 1.71. The zero-order valence-corrected chi connectivity index (χ0v) is 9.33. The first-order valence-electron chi connectivity index (χ1n) is 5.60. The molecule has 1 aromatic carbocycles. The van der Waals surface area contributed by atoms with Gasteiger partial charge in [0.25, 0.3) is 0 Å². The molecule has 0 N–H and O–H groups in total. The lowest BCUT2D eigenvalue weighted by Crippen LogP contribution is -2.05. The zero-order valence-electron chi connectivity index (χ0n) is 9.33. The third-order valence-electron chi connectivity index (χ3n) is 2.81. The minimum Gasteiger partial charge on any atom is -0.493 e. The molecule has 1 saturated carbocycles. The van der Waals surface area contributed by atoms with Crippen LogP contribution in [0.4, 0.5) is 4.39 Å². The first kappa shape index (κ1) is 11.1. The van der Waals surface area contributed by atoms with Crippen molar-refractivity contribution in [2.24, 2.45) is 5.92 Å². The molecule has 2 nitrogen and oxygen atoms in total. The summed E-state index contributed by atoms with van der Waals surface area (Å²) in [6.07, 6.45) is 3.53. The number of ether oxygens (including phenoxy) is 1. The highest BCUT2D eigenvalue weighted by molar-refractivity contribution is 5.97. The van der Waals surface area contributed by atoms with Gasteiger partial charge < -0.3 is 4.74 Å². The van der Waals surface area contributed by atoms with Crippen LogP contribution in [0.3, 0.4) is 0 Å². The Morgan fingerprint density at radius 1 is 1.50 bits per heavy atom. The summed E-state index contributed by atoms with van der Waals surface area (Å²) in [5.41, 5.74) is 0.0679. The third-order valence-corrected chi connectivity index (χ3v) is 2.81. The van der Waals surface area contributed by atoms with Gasteiger partial charge >= 0.3 is 0 Å². The summed E-state index contributed by atoms with van der Waals surface area (Å²) < 4.78 is 18.9. The van der Waals surface area contributed by atoms with Gasteiger partial charge in [-0.3, -0.25) is 4.79 Å². The summed E-state index contributed by atoms with van der Waals surface area (Å²) in [5.74, 6) is 0.346. The van der Waals surface area contributed by atoms with Crippen LogP contribution in [0.5, 0.6) is 5.75 Å². The van der Waals surface area contributed by atoms with Crippen molar-refractivity contribution in [1.29, 1.82) is 0 Å². The van der Waals surface area contributed by atoms with Gasteiger partial charge in [0.1, 0.15) is 11.6 Å². The average Bonchev–Trinajstić information content (AvgIpc) is 3.01. The molecule has 0 unspecified atom stereocenters. The Morgan fingerprint density at radius 3 is 2.88 bits per heavy atom. The predicted octanol–water partition coefficient (Wildman–Crippen LogP) is 3.21. The largest absolute Gasteiger partial charge is 0.493 e. The summed E-state index contributed by atoms with van der Waals surface area (Å²) in [7, 11) is 0. The standard InChI is InChI=1S/C13H15FO2/c1-9(15)13-11(14)3-2-4-12(13)16-8-7-10-5-6-10/h2-4,10H,5-8H2,1H3. The molecule has 1 aliphatic rings. The number of hydrogen-bond donors (Lipinski definition) is 0. The Balaban J connectivity index is 2.05. The molecule has 0 aliphatic heterocycles. The van der Waals surface area contributed by atoms with Crippen LogP contribution in [-0.4, -0.2) is 12.4 Å². The van der Waals surface area contributed by atoms with E-state index in [1.807, 2.05) is 0 Å². The van der Waals surface area contributed by atoms with Crippen molar-refractivity contribution in [2.75, 3.05) is 6.61 Å². The molecule has 1 fully saturated rings. The Bertz CT molecular complexity index is 397. The van der Waals surface area contributed by atoms with Gasteiger partial charge in [0.2, 0.25) is 0 Å². The van der Waals surface area contributed by atoms with Gasteiger partial charge in [0, 0.05) is 0 Å². The van der Waals surface area contributed by atoms with Crippen LogP contribution in [0.1, 0.15) is 36.5 Å².